The van der Waals surface area contributed by atoms with Crippen LogP contribution in [0.5, 0.6) is 11.5 Å². The second-order valence-corrected chi connectivity index (χ2v) is 7.93. The van der Waals surface area contributed by atoms with Crippen LogP contribution in [0.1, 0.15) is 42.9 Å². The predicted molar refractivity (Wildman–Crippen MR) is 115 cm³/mol. The number of nitrogens with zero attached hydrogens (tertiary/aromatic N) is 4. The number of amides is 1. The molecular weight excluding hydrogens is 404 g/mol. The number of carbonyl (C=O) groups excluding carboxylic acids is 1. The van der Waals surface area contributed by atoms with E-state index in [2.05, 4.69) is 10.1 Å². The third-order valence-corrected chi connectivity index (χ3v) is 5.24. The Morgan fingerprint density at radius 3 is 2.80 bits per heavy atom. The highest BCUT2D eigenvalue weighted by atomic mass is 35.5. The van der Waals surface area contributed by atoms with Crippen molar-refractivity contribution >= 4 is 23.2 Å². The van der Waals surface area contributed by atoms with E-state index in [-0.39, 0.29) is 17.9 Å². The van der Waals surface area contributed by atoms with Gasteiger partial charge in [-0.15, -0.1) is 0 Å². The van der Waals surface area contributed by atoms with Crippen LogP contribution in [-0.2, 0) is 0 Å². The van der Waals surface area contributed by atoms with Gasteiger partial charge < -0.3 is 14.4 Å². The molecule has 0 N–H and O–H groups in total. The van der Waals surface area contributed by atoms with Gasteiger partial charge in [-0.2, -0.15) is 5.10 Å². The van der Waals surface area contributed by atoms with Gasteiger partial charge >= 0.3 is 0 Å². The van der Waals surface area contributed by atoms with Crippen LogP contribution in [0.3, 0.4) is 0 Å². The Balaban J connectivity index is 1.76. The Morgan fingerprint density at radius 2 is 2.10 bits per heavy atom. The first-order valence-corrected chi connectivity index (χ1v) is 10.1. The summed E-state index contributed by atoms with van der Waals surface area (Å²) in [6.07, 6.45) is 1.46. The van der Waals surface area contributed by atoms with Crippen LogP contribution in [0.2, 0.25) is 5.02 Å². The number of benzene rings is 2. The summed E-state index contributed by atoms with van der Waals surface area (Å²) >= 11 is 6.31. The molecule has 4 rings (SSSR count). The maximum absolute atomic E-state index is 13.6. The lowest BCUT2D eigenvalue weighted by Gasteiger charge is -2.34. The van der Waals surface area contributed by atoms with E-state index in [1.54, 1.807) is 47.3 Å². The minimum atomic E-state index is -0.198. The zero-order chi connectivity index (χ0) is 21.4. The number of carbonyl (C=O) groups is 1. The summed E-state index contributed by atoms with van der Waals surface area (Å²) in [4.78, 5) is 19.6. The Hall–Kier alpha value is -3.06. The van der Waals surface area contributed by atoms with E-state index in [1.165, 1.54) is 0 Å². The minimum absolute atomic E-state index is 0.195. The van der Waals surface area contributed by atoms with Gasteiger partial charge in [-0.3, -0.25) is 4.79 Å². The Bertz CT molecular complexity index is 1100. The molecule has 0 bridgehead atoms. The van der Waals surface area contributed by atoms with Crippen LogP contribution < -0.4 is 14.4 Å². The zero-order valence-electron chi connectivity index (χ0n) is 17.3. The molecule has 30 heavy (non-hydrogen) atoms. The van der Waals surface area contributed by atoms with Gasteiger partial charge in [-0.25, -0.2) is 9.67 Å². The van der Waals surface area contributed by atoms with Crippen LogP contribution in [0.15, 0.2) is 42.7 Å². The summed E-state index contributed by atoms with van der Waals surface area (Å²) < 4.78 is 13.0. The summed E-state index contributed by atoms with van der Waals surface area (Å²) in [7, 11) is 1.55. The molecule has 0 fully saturated rings. The van der Waals surface area contributed by atoms with Gasteiger partial charge in [-0.05, 0) is 37.3 Å². The first-order valence-electron chi connectivity index (χ1n) is 9.76. The van der Waals surface area contributed by atoms with Crippen LogP contribution in [0, 0.1) is 0 Å². The number of anilines is 1. The fourth-order valence-electron chi connectivity index (χ4n) is 3.43. The topological polar surface area (TPSA) is 69.5 Å². The maximum Gasteiger partial charge on any atom is 0.262 e. The molecule has 3 aromatic rings. The number of hydrogen-bond acceptors (Lipinski definition) is 5. The quantitative estimate of drug-likeness (QED) is 0.615. The summed E-state index contributed by atoms with van der Waals surface area (Å²) in [5.74, 6) is 1.75. The van der Waals surface area contributed by atoms with Crippen molar-refractivity contribution in [2.45, 2.75) is 32.8 Å². The van der Waals surface area contributed by atoms with Gasteiger partial charge in [0.15, 0.2) is 11.6 Å². The van der Waals surface area contributed by atoms with E-state index < -0.39 is 0 Å². The molecular formula is C22H23ClN4O3. The summed E-state index contributed by atoms with van der Waals surface area (Å²) in [6, 6.07) is 10.8. The van der Waals surface area contributed by atoms with Crippen LogP contribution in [0.25, 0.3) is 5.69 Å². The minimum Gasteiger partial charge on any atom is -0.496 e. The first kappa shape index (κ1) is 20.2. The standard InChI is InChI=1S/C22H23ClN4O3/c1-13(2)21-24-12-27(25-21)15-8-9-19(29-4)16(10-15)22(28)26-11-14(3)30-20-17(23)6-5-7-18(20)26/h5-10,12-14H,11H2,1-4H3/t14-/m0/s1. The van der Waals surface area contributed by atoms with Gasteiger partial charge in [0.2, 0.25) is 0 Å². The van der Waals surface area contributed by atoms with Crippen molar-refractivity contribution in [1.82, 2.24) is 14.8 Å². The van der Waals surface area contributed by atoms with E-state index in [0.717, 1.165) is 11.5 Å². The summed E-state index contributed by atoms with van der Waals surface area (Å²) in [5.41, 5.74) is 1.80. The number of halogens is 1. The van der Waals surface area contributed by atoms with E-state index >= 15 is 0 Å². The molecule has 156 valence electrons. The summed E-state index contributed by atoms with van der Waals surface area (Å²) in [6.45, 7) is 6.37. The molecule has 7 nitrogen and oxygen atoms in total. The molecule has 0 radical (unpaired) electrons. The van der Waals surface area contributed by atoms with Crippen molar-refractivity contribution in [2.75, 3.05) is 18.6 Å². The third-order valence-electron chi connectivity index (χ3n) is 4.94. The predicted octanol–water partition coefficient (Wildman–Crippen LogP) is 4.48. The molecule has 0 aliphatic carbocycles. The van der Waals surface area contributed by atoms with Crippen LogP contribution in [-0.4, -0.2) is 40.4 Å². The first-order chi connectivity index (χ1) is 14.4. The number of fused-ring (bicyclic) bond motifs is 1. The molecule has 1 aliphatic rings. The van der Waals surface area contributed by atoms with Crippen molar-refractivity contribution in [2.24, 2.45) is 0 Å². The van der Waals surface area contributed by atoms with Crippen molar-refractivity contribution in [3.63, 3.8) is 0 Å². The van der Waals surface area contributed by atoms with E-state index in [9.17, 15) is 4.79 Å². The van der Waals surface area contributed by atoms with Gasteiger partial charge in [0.25, 0.3) is 5.91 Å². The Kier molecular flexibility index (Phi) is 5.39. The Labute approximate surface area is 180 Å². The average molecular weight is 427 g/mol. The van der Waals surface area contributed by atoms with Crippen LogP contribution >= 0.6 is 11.6 Å². The normalized spacial score (nSPS) is 15.7. The van der Waals surface area contributed by atoms with Gasteiger partial charge in [0, 0.05) is 5.92 Å². The Morgan fingerprint density at radius 1 is 1.30 bits per heavy atom. The number of aromatic nitrogens is 3. The highest BCUT2D eigenvalue weighted by Gasteiger charge is 2.31. The fraction of sp³-hybridized carbons (Fsp3) is 0.318. The van der Waals surface area contributed by atoms with E-state index in [0.29, 0.717) is 34.3 Å². The number of hydrogen-bond donors (Lipinski definition) is 0. The molecule has 8 heteroatoms. The molecule has 1 atom stereocenters. The molecule has 1 aromatic heterocycles. The molecule has 2 heterocycles. The lowest BCUT2D eigenvalue weighted by Crippen LogP contribution is -2.42. The second kappa shape index (κ2) is 7.99. The zero-order valence-corrected chi connectivity index (χ0v) is 18.1. The highest BCUT2D eigenvalue weighted by molar-refractivity contribution is 6.32. The molecule has 0 saturated carbocycles. The molecule has 0 spiro atoms. The van der Waals surface area contributed by atoms with Crippen LogP contribution in [0.4, 0.5) is 5.69 Å². The molecule has 1 amide bonds. The van der Waals surface area contributed by atoms with Crippen molar-refractivity contribution in [3.05, 3.63) is 59.1 Å². The van der Waals surface area contributed by atoms with Crippen molar-refractivity contribution in [3.8, 4) is 17.2 Å². The summed E-state index contributed by atoms with van der Waals surface area (Å²) in [5, 5.41) is 4.98. The number of rotatable bonds is 4. The lowest BCUT2D eigenvalue weighted by molar-refractivity contribution is 0.0958. The number of ether oxygens (including phenoxy) is 2. The fourth-order valence-corrected chi connectivity index (χ4v) is 3.64. The third kappa shape index (κ3) is 3.61. The largest absolute Gasteiger partial charge is 0.496 e. The smallest absolute Gasteiger partial charge is 0.262 e. The second-order valence-electron chi connectivity index (χ2n) is 7.52. The molecule has 0 unspecified atom stereocenters. The SMILES string of the molecule is COc1ccc(-n2cnc(C(C)C)n2)cc1C(=O)N1C[C@H](C)Oc2c(Cl)cccc21. The van der Waals surface area contributed by atoms with E-state index in [4.69, 9.17) is 21.1 Å². The van der Waals surface area contributed by atoms with Gasteiger partial charge in [0.1, 0.15) is 18.2 Å². The van der Waals surface area contributed by atoms with Crippen molar-refractivity contribution in [1.29, 1.82) is 0 Å². The molecule has 1 aliphatic heterocycles. The maximum atomic E-state index is 13.6. The average Bonchev–Trinajstić information content (AvgIpc) is 3.23. The molecule has 0 saturated heterocycles. The van der Waals surface area contributed by atoms with Gasteiger partial charge in [-0.1, -0.05) is 31.5 Å². The number of para-hydroxylation sites is 1. The van der Waals surface area contributed by atoms with Gasteiger partial charge in [0.05, 0.1) is 35.6 Å². The molecule has 2 aromatic carbocycles. The lowest BCUT2D eigenvalue weighted by atomic mass is 10.1. The highest BCUT2D eigenvalue weighted by Crippen LogP contribution is 2.40. The van der Waals surface area contributed by atoms with E-state index in [1.807, 2.05) is 32.9 Å². The number of methoxy groups -OCH3 is 1. The van der Waals surface area contributed by atoms with Crippen molar-refractivity contribution < 1.29 is 14.3 Å². The monoisotopic (exact) mass is 426 g/mol.